The first kappa shape index (κ1) is 21.5. The van der Waals surface area contributed by atoms with Gasteiger partial charge in [-0.05, 0) is 19.1 Å². The van der Waals surface area contributed by atoms with Crippen molar-refractivity contribution < 1.29 is 21.9 Å². The normalized spacial score (nSPS) is 18.6. The number of alkyl halides is 2. The molecule has 1 aliphatic heterocycles. The molecule has 2 unspecified atom stereocenters. The second-order valence-corrected chi connectivity index (χ2v) is 9.05. The lowest BCUT2D eigenvalue weighted by Gasteiger charge is -2.36. The molecule has 1 N–H and O–H groups in total. The van der Waals surface area contributed by atoms with Gasteiger partial charge in [0.1, 0.15) is 23.5 Å². The Morgan fingerprint density at radius 3 is 2.81 bits per heavy atom. The highest BCUT2D eigenvalue weighted by atomic mass is 32.2. The van der Waals surface area contributed by atoms with Crippen LogP contribution in [0, 0.1) is 0 Å². The molecule has 0 saturated carbocycles. The summed E-state index contributed by atoms with van der Waals surface area (Å²) in [5.74, 6) is 0.602. The Bertz CT molecular complexity index is 1190. The molecule has 0 bridgehead atoms. The average Bonchev–Trinajstić information content (AvgIpc) is 3.16. The molecule has 2 atom stereocenters. The van der Waals surface area contributed by atoms with E-state index in [1.54, 1.807) is 13.0 Å². The van der Waals surface area contributed by atoms with Gasteiger partial charge in [-0.25, -0.2) is 41.4 Å². The largest absolute Gasteiger partial charge is 0.373 e. The first-order valence-electron chi connectivity index (χ1n) is 9.50. The second-order valence-electron chi connectivity index (χ2n) is 7.27. The zero-order valence-electron chi connectivity index (χ0n) is 16.8. The summed E-state index contributed by atoms with van der Waals surface area (Å²) in [6, 6.07) is 4.01. The number of ether oxygens (including phenoxy) is 1. The van der Waals surface area contributed by atoms with Gasteiger partial charge in [-0.15, -0.1) is 0 Å². The van der Waals surface area contributed by atoms with Crippen LogP contribution in [0.25, 0.3) is 17.0 Å². The Kier molecular flexibility index (Phi) is 5.81. The van der Waals surface area contributed by atoms with E-state index in [0.29, 0.717) is 42.5 Å². The van der Waals surface area contributed by atoms with E-state index in [1.165, 1.54) is 29.2 Å². The third-order valence-corrected chi connectivity index (χ3v) is 5.70. The molecule has 0 aromatic carbocycles. The fourth-order valence-corrected chi connectivity index (χ4v) is 4.27. The van der Waals surface area contributed by atoms with Crippen LogP contribution in [0.5, 0.6) is 0 Å². The number of nitrogens with one attached hydrogen (secondary N) is 1. The number of hydrogen-bond donors (Lipinski definition) is 1. The Morgan fingerprint density at radius 2 is 2.06 bits per heavy atom. The maximum atomic E-state index is 13.1. The van der Waals surface area contributed by atoms with E-state index in [4.69, 9.17) is 4.74 Å². The van der Waals surface area contributed by atoms with Gasteiger partial charge < -0.3 is 9.64 Å². The van der Waals surface area contributed by atoms with Crippen molar-refractivity contribution >= 4 is 21.5 Å². The van der Waals surface area contributed by atoms with Crippen molar-refractivity contribution in [2.75, 3.05) is 30.9 Å². The van der Waals surface area contributed by atoms with Gasteiger partial charge in [0, 0.05) is 25.2 Å². The number of halogens is 2. The summed E-state index contributed by atoms with van der Waals surface area (Å²) < 4.78 is 58.8. The minimum Gasteiger partial charge on any atom is -0.373 e. The molecule has 4 rings (SSSR count). The number of fused-ring (bicyclic) bond motifs is 1. The molecule has 1 fully saturated rings. The maximum absolute atomic E-state index is 13.1. The number of nitrogens with zero attached hydrogens (tertiary/aromatic N) is 6. The maximum Gasteiger partial charge on any atom is 0.282 e. The lowest BCUT2D eigenvalue weighted by atomic mass is 10.1. The molecule has 0 spiro atoms. The standard InChI is InChI=1S/C18H21F2N7O3S/c1-11(25-31(2,28)29)15-9-26(5-6-30-15)17-7-13(22-10-23-17)14-8-21-16-4-3-12(18(19)20)24-27(14)16/h3-4,7-8,10-11,15,18,25H,5-6,9H2,1-2H3. The predicted molar refractivity (Wildman–Crippen MR) is 108 cm³/mol. The number of aromatic nitrogens is 5. The summed E-state index contributed by atoms with van der Waals surface area (Å²) >= 11 is 0. The van der Waals surface area contributed by atoms with Crippen LogP contribution in [0.15, 0.2) is 30.7 Å². The molecule has 1 saturated heterocycles. The molecule has 0 radical (unpaired) electrons. The van der Waals surface area contributed by atoms with E-state index in [-0.39, 0.29) is 11.8 Å². The molecule has 3 aromatic heterocycles. The Labute approximate surface area is 177 Å². The van der Waals surface area contributed by atoms with E-state index in [9.17, 15) is 17.2 Å². The van der Waals surface area contributed by atoms with Crippen LogP contribution in [-0.4, -0.2) is 71.1 Å². The number of hydrogen-bond acceptors (Lipinski definition) is 8. The van der Waals surface area contributed by atoms with Gasteiger partial charge in [0.05, 0.1) is 30.9 Å². The molecule has 3 aromatic rings. The van der Waals surface area contributed by atoms with Gasteiger partial charge >= 0.3 is 0 Å². The van der Waals surface area contributed by atoms with Crippen molar-refractivity contribution in [2.45, 2.75) is 25.5 Å². The predicted octanol–water partition coefficient (Wildman–Crippen LogP) is 1.27. The molecule has 166 valence electrons. The van der Waals surface area contributed by atoms with Crippen LogP contribution in [0.1, 0.15) is 19.0 Å². The first-order valence-corrected chi connectivity index (χ1v) is 11.4. The first-order chi connectivity index (χ1) is 14.7. The minimum absolute atomic E-state index is 0.357. The fraction of sp³-hybridized carbons (Fsp3) is 0.444. The Hall–Kier alpha value is -2.77. The second kappa shape index (κ2) is 8.40. The van der Waals surface area contributed by atoms with Crippen molar-refractivity contribution in [1.29, 1.82) is 0 Å². The molecule has 4 heterocycles. The number of rotatable bonds is 6. The van der Waals surface area contributed by atoms with Gasteiger partial charge in [0.2, 0.25) is 10.0 Å². The van der Waals surface area contributed by atoms with Crippen LogP contribution < -0.4 is 9.62 Å². The summed E-state index contributed by atoms with van der Waals surface area (Å²) in [5.41, 5.74) is 0.996. The Balaban J connectivity index is 1.60. The van der Waals surface area contributed by atoms with Crippen LogP contribution in [0.2, 0.25) is 0 Å². The van der Waals surface area contributed by atoms with Crippen molar-refractivity contribution in [2.24, 2.45) is 0 Å². The summed E-state index contributed by atoms with van der Waals surface area (Å²) in [5, 5.41) is 3.97. The van der Waals surface area contributed by atoms with Crippen molar-refractivity contribution in [3.05, 3.63) is 36.4 Å². The lowest BCUT2D eigenvalue weighted by molar-refractivity contribution is 0.0239. The van der Waals surface area contributed by atoms with E-state index in [1.807, 2.05) is 4.90 Å². The smallest absolute Gasteiger partial charge is 0.282 e. The molecular formula is C18H21F2N7O3S. The molecule has 0 aliphatic carbocycles. The topological polar surface area (TPSA) is 115 Å². The van der Waals surface area contributed by atoms with Crippen molar-refractivity contribution in [3.8, 4) is 11.4 Å². The van der Waals surface area contributed by atoms with Crippen LogP contribution in [0.3, 0.4) is 0 Å². The number of sulfonamides is 1. The van der Waals surface area contributed by atoms with E-state index < -0.39 is 22.5 Å². The third-order valence-electron chi connectivity index (χ3n) is 4.90. The summed E-state index contributed by atoms with van der Waals surface area (Å²) in [6.45, 7) is 3.11. The quantitative estimate of drug-likeness (QED) is 0.594. The van der Waals surface area contributed by atoms with E-state index in [0.717, 1.165) is 6.26 Å². The fourth-order valence-electron chi connectivity index (χ4n) is 3.44. The zero-order chi connectivity index (χ0) is 22.2. The SMILES string of the molecule is CC(NS(C)(=O)=O)C1CN(c2cc(-c3cnc4ccc(C(F)F)nn34)ncn2)CCO1. The zero-order valence-corrected chi connectivity index (χ0v) is 17.6. The minimum atomic E-state index is -3.37. The molecule has 13 heteroatoms. The molecule has 10 nitrogen and oxygen atoms in total. The monoisotopic (exact) mass is 453 g/mol. The highest BCUT2D eigenvalue weighted by molar-refractivity contribution is 7.88. The lowest BCUT2D eigenvalue weighted by Crippen LogP contribution is -2.52. The number of anilines is 1. The van der Waals surface area contributed by atoms with Crippen LogP contribution in [-0.2, 0) is 14.8 Å². The molecule has 31 heavy (non-hydrogen) atoms. The van der Waals surface area contributed by atoms with E-state index >= 15 is 0 Å². The van der Waals surface area contributed by atoms with Crippen molar-refractivity contribution in [1.82, 2.24) is 29.3 Å². The Morgan fingerprint density at radius 1 is 1.26 bits per heavy atom. The molecule has 1 aliphatic rings. The van der Waals surface area contributed by atoms with Crippen molar-refractivity contribution in [3.63, 3.8) is 0 Å². The summed E-state index contributed by atoms with van der Waals surface area (Å²) in [6.07, 6.45) is 0.930. The van der Waals surface area contributed by atoms with Gasteiger partial charge in [-0.1, -0.05) is 0 Å². The average molecular weight is 453 g/mol. The van der Waals surface area contributed by atoms with Crippen LogP contribution >= 0.6 is 0 Å². The molecule has 0 amide bonds. The van der Waals surface area contributed by atoms with Gasteiger partial charge in [0.25, 0.3) is 6.43 Å². The van der Waals surface area contributed by atoms with Gasteiger partial charge in [0.15, 0.2) is 5.65 Å². The third kappa shape index (κ3) is 4.78. The van der Waals surface area contributed by atoms with E-state index in [2.05, 4.69) is 24.8 Å². The summed E-state index contributed by atoms with van der Waals surface area (Å²) in [7, 11) is -3.37. The van der Waals surface area contributed by atoms with Crippen LogP contribution in [0.4, 0.5) is 14.6 Å². The van der Waals surface area contributed by atoms with Gasteiger partial charge in [-0.2, -0.15) is 5.10 Å². The summed E-state index contributed by atoms with van der Waals surface area (Å²) in [4.78, 5) is 14.7. The number of imidazole rings is 1. The van der Waals surface area contributed by atoms with Gasteiger partial charge in [-0.3, -0.25) is 0 Å². The molecular weight excluding hydrogens is 432 g/mol. The highest BCUT2D eigenvalue weighted by Gasteiger charge is 2.28. The highest BCUT2D eigenvalue weighted by Crippen LogP contribution is 2.24. The number of morpholine rings is 1.